The molecule has 148 valence electrons. The lowest BCUT2D eigenvalue weighted by molar-refractivity contribution is -0.231. The van der Waals surface area contributed by atoms with Crippen LogP contribution in [0.2, 0.25) is 0 Å². The zero-order valence-corrected chi connectivity index (χ0v) is 17.0. The van der Waals surface area contributed by atoms with Crippen molar-refractivity contribution in [3.63, 3.8) is 0 Å². The first-order valence-corrected chi connectivity index (χ1v) is 11.3. The predicted octanol–water partition coefficient (Wildman–Crippen LogP) is 4.77. The Balaban J connectivity index is 1.47. The van der Waals surface area contributed by atoms with Crippen molar-refractivity contribution in [2.75, 3.05) is 13.2 Å². The Morgan fingerprint density at radius 2 is 1.62 bits per heavy atom. The maximum Gasteiger partial charge on any atom is 0.169 e. The van der Waals surface area contributed by atoms with E-state index in [1.807, 2.05) is 0 Å². The van der Waals surface area contributed by atoms with Gasteiger partial charge in [-0.05, 0) is 86.4 Å². The summed E-state index contributed by atoms with van der Waals surface area (Å²) in [4.78, 5) is 0. The highest BCUT2D eigenvalue weighted by Crippen LogP contribution is 2.69. The van der Waals surface area contributed by atoms with Crippen LogP contribution in [0.4, 0.5) is 0 Å². The first-order chi connectivity index (χ1) is 12.4. The van der Waals surface area contributed by atoms with E-state index in [0.717, 1.165) is 31.5 Å². The van der Waals surface area contributed by atoms with Crippen LogP contribution >= 0.6 is 0 Å². The van der Waals surface area contributed by atoms with Crippen LogP contribution in [0.25, 0.3) is 0 Å². The third kappa shape index (κ3) is 2.29. The molecule has 5 aliphatic rings. The molecule has 0 unspecified atom stereocenters. The van der Waals surface area contributed by atoms with E-state index in [1.165, 1.54) is 51.4 Å². The molecule has 0 aromatic carbocycles. The van der Waals surface area contributed by atoms with E-state index in [9.17, 15) is 5.11 Å². The van der Waals surface area contributed by atoms with Gasteiger partial charge in [0.25, 0.3) is 0 Å². The third-order valence-electron chi connectivity index (χ3n) is 10.0. The second kappa shape index (κ2) is 5.94. The Labute approximate surface area is 159 Å². The molecule has 1 aliphatic heterocycles. The van der Waals surface area contributed by atoms with Gasteiger partial charge in [0.1, 0.15) is 0 Å². The molecule has 1 N–H and O–H groups in total. The number of aliphatic hydroxyl groups excluding tert-OH is 1. The Kier molecular flexibility index (Phi) is 4.10. The molecular formula is C23H38O3. The van der Waals surface area contributed by atoms with Crippen LogP contribution in [0.15, 0.2) is 0 Å². The number of hydrogen-bond donors (Lipinski definition) is 1. The fourth-order valence-corrected chi connectivity index (χ4v) is 9.01. The minimum absolute atomic E-state index is 0.141. The molecule has 0 bridgehead atoms. The van der Waals surface area contributed by atoms with Crippen LogP contribution in [0.5, 0.6) is 0 Å². The van der Waals surface area contributed by atoms with Crippen LogP contribution < -0.4 is 0 Å². The Bertz CT molecular complexity index is 556. The van der Waals surface area contributed by atoms with E-state index in [-0.39, 0.29) is 11.5 Å². The van der Waals surface area contributed by atoms with Crippen molar-refractivity contribution in [3.8, 4) is 0 Å². The average Bonchev–Trinajstić information content (AvgIpc) is 3.17. The van der Waals surface area contributed by atoms with Gasteiger partial charge in [-0.15, -0.1) is 0 Å². The summed E-state index contributed by atoms with van der Waals surface area (Å²) in [6.45, 7) is 8.61. The first kappa shape index (κ1) is 17.9. The zero-order valence-electron chi connectivity index (χ0n) is 17.0. The third-order valence-corrected chi connectivity index (χ3v) is 10.0. The summed E-state index contributed by atoms with van der Waals surface area (Å²) in [6.07, 6.45) is 11.6. The van der Waals surface area contributed by atoms with E-state index in [1.54, 1.807) is 0 Å². The molecule has 4 aliphatic carbocycles. The van der Waals surface area contributed by atoms with E-state index in [2.05, 4.69) is 20.8 Å². The monoisotopic (exact) mass is 362 g/mol. The summed E-state index contributed by atoms with van der Waals surface area (Å²) < 4.78 is 12.2. The second-order valence-corrected chi connectivity index (χ2v) is 10.9. The molecule has 0 radical (unpaired) electrons. The number of fused-ring (bicyclic) bond motifs is 5. The molecule has 8 atom stereocenters. The SMILES string of the molecule is CC1([C@H]2CC[C@H]3[C@@H]4CC[C@H]5CCCC[C@]5(C)[C@H]4[C@@H](O)C[C@]23C)OCCO1. The van der Waals surface area contributed by atoms with Crippen molar-refractivity contribution < 1.29 is 14.6 Å². The molecule has 0 aromatic heterocycles. The molecule has 3 heteroatoms. The molecule has 4 saturated carbocycles. The van der Waals surface area contributed by atoms with Gasteiger partial charge in [-0.3, -0.25) is 0 Å². The first-order valence-electron chi connectivity index (χ1n) is 11.3. The molecule has 1 heterocycles. The van der Waals surface area contributed by atoms with Gasteiger partial charge >= 0.3 is 0 Å². The van der Waals surface area contributed by atoms with Gasteiger partial charge < -0.3 is 14.6 Å². The maximum atomic E-state index is 11.5. The molecular weight excluding hydrogens is 324 g/mol. The summed E-state index contributed by atoms with van der Waals surface area (Å²) in [5.41, 5.74) is 0.543. The summed E-state index contributed by atoms with van der Waals surface area (Å²) in [5.74, 6) is 2.82. The number of aliphatic hydroxyl groups is 1. The van der Waals surface area contributed by atoms with Gasteiger partial charge in [0.2, 0.25) is 0 Å². The fraction of sp³-hybridized carbons (Fsp3) is 1.00. The van der Waals surface area contributed by atoms with E-state index in [0.29, 0.717) is 23.2 Å². The molecule has 5 fully saturated rings. The highest BCUT2D eigenvalue weighted by Gasteiger charge is 2.65. The number of hydrogen-bond acceptors (Lipinski definition) is 3. The van der Waals surface area contributed by atoms with Crippen LogP contribution in [0, 0.1) is 40.4 Å². The smallest absolute Gasteiger partial charge is 0.169 e. The van der Waals surface area contributed by atoms with Crippen molar-refractivity contribution in [1.29, 1.82) is 0 Å². The Morgan fingerprint density at radius 1 is 0.846 bits per heavy atom. The van der Waals surface area contributed by atoms with Gasteiger partial charge in [0.05, 0.1) is 19.3 Å². The van der Waals surface area contributed by atoms with E-state index in [4.69, 9.17) is 9.47 Å². The normalized spacial score (nSPS) is 55.8. The quantitative estimate of drug-likeness (QED) is 0.730. The zero-order chi connectivity index (χ0) is 18.2. The lowest BCUT2D eigenvalue weighted by Gasteiger charge is -2.62. The van der Waals surface area contributed by atoms with Crippen molar-refractivity contribution in [2.24, 2.45) is 40.4 Å². The summed E-state index contributed by atoms with van der Waals surface area (Å²) >= 11 is 0. The van der Waals surface area contributed by atoms with Gasteiger partial charge in [-0.1, -0.05) is 26.7 Å². The minimum Gasteiger partial charge on any atom is -0.393 e. The maximum absolute atomic E-state index is 11.5. The van der Waals surface area contributed by atoms with Crippen LogP contribution in [0.3, 0.4) is 0 Å². The van der Waals surface area contributed by atoms with Crippen LogP contribution in [0.1, 0.15) is 78.6 Å². The fourth-order valence-electron chi connectivity index (χ4n) is 9.01. The summed E-state index contributed by atoms with van der Waals surface area (Å²) in [6, 6.07) is 0. The van der Waals surface area contributed by atoms with E-state index < -0.39 is 5.79 Å². The van der Waals surface area contributed by atoms with Crippen molar-refractivity contribution in [3.05, 3.63) is 0 Å². The van der Waals surface area contributed by atoms with Gasteiger partial charge in [-0.25, -0.2) is 0 Å². The minimum atomic E-state index is -0.429. The van der Waals surface area contributed by atoms with E-state index >= 15 is 0 Å². The average molecular weight is 363 g/mol. The Hall–Kier alpha value is -0.120. The molecule has 0 spiro atoms. The molecule has 3 nitrogen and oxygen atoms in total. The van der Waals surface area contributed by atoms with Gasteiger partial charge in [0.15, 0.2) is 5.79 Å². The van der Waals surface area contributed by atoms with Crippen molar-refractivity contribution in [2.45, 2.75) is 90.4 Å². The standard InChI is InChI=1S/C23H38O3/c1-21-11-5-4-6-15(21)7-8-16-17-9-10-19(23(3)25-12-13-26-23)22(17,2)14-18(24)20(16)21/h15-20,24H,4-14H2,1-3H3/t15-,16+,17+,18+,19+,20-,21+,22+/m1/s1. The van der Waals surface area contributed by atoms with Gasteiger partial charge in [-0.2, -0.15) is 0 Å². The predicted molar refractivity (Wildman–Crippen MR) is 102 cm³/mol. The lowest BCUT2D eigenvalue weighted by Crippen LogP contribution is -2.59. The lowest BCUT2D eigenvalue weighted by atomic mass is 9.44. The van der Waals surface area contributed by atoms with Crippen molar-refractivity contribution >= 4 is 0 Å². The summed E-state index contributed by atoms with van der Waals surface area (Å²) in [5, 5.41) is 11.5. The number of rotatable bonds is 1. The van der Waals surface area contributed by atoms with Crippen LogP contribution in [-0.4, -0.2) is 30.2 Å². The Morgan fingerprint density at radius 3 is 2.38 bits per heavy atom. The molecule has 26 heavy (non-hydrogen) atoms. The topological polar surface area (TPSA) is 38.7 Å². The van der Waals surface area contributed by atoms with Crippen LogP contribution in [-0.2, 0) is 9.47 Å². The number of ether oxygens (including phenoxy) is 2. The highest BCUT2D eigenvalue weighted by atomic mass is 16.7. The molecule has 5 rings (SSSR count). The largest absolute Gasteiger partial charge is 0.393 e. The molecule has 0 amide bonds. The highest BCUT2D eigenvalue weighted by molar-refractivity contribution is 5.13. The summed E-state index contributed by atoms with van der Waals surface area (Å²) in [7, 11) is 0. The molecule has 1 saturated heterocycles. The molecule has 0 aromatic rings. The second-order valence-electron chi connectivity index (χ2n) is 10.9. The van der Waals surface area contributed by atoms with Crippen molar-refractivity contribution in [1.82, 2.24) is 0 Å². The van der Waals surface area contributed by atoms with Gasteiger partial charge in [0, 0.05) is 5.92 Å².